The number of nitrogens with two attached hydrogens (primary N) is 1. The second kappa shape index (κ2) is 5.97. The summed E-state index contributed by atoms with van der Waals surface area (Å²) in [5.41, 5.74) is 7.02. The lowest BCUT2D eigenvalue weighted by Gasteiger charge is -2.45. The van der Waals surface area contributed by atoms with Crippen LogP contribution in [0, 0.1) is 11.7 Å². The highest BCUT2D eigenvalue weighted by Crippen LogP contribution is 2.35. The van der Waals surface area contributed by atoms with Crippen LogP contribution in [-0.2, 0) is 6.54 Å². The van der Waals surface area contributed by atoms with Crippen LogP contribution in [0.2, 0.25) is 0 Å². The third-order valence-corrected chi connectivity index (χ3v) is 4.58. The summed E-state index contributed by atoms with van der Waals surface area (Å²) in [6.07, 6.45) is 7.68. The molecule has 19 heavy (non-hydrogen) atoms. The average Bonchev–Trinajstić information content (AvgIpc) is 2.40. The summed E-state index contributed by atoms with van der Waals surface area (Å²) >= 11 is 0. The lowest BCUT2D eigenvalue weighted by atomic mass is 9.76. The molecule has 2 N–H and O–H groups in total. The first-order chi connectivity index (χ1) is 9.05. The van der Waals surface area contributed by atoms with Crippen LogP contribution in [0.3, 0.4) is 0 Å². The molecule has 4 heteroatoms. The largest absolute Gasteiger partial charge is 0.329 e. The molecule has 0 bridgehead atoms. The van der Waals surface area contributed by atoms with E-state index in [4.69, 9.17) is 5.73 Å². The van der Waals surface area contributed by atoms with E-state index in [2.05, 4.69) is 23.9 Å². The summed E-state index contributed by atoms with van der Waals surface area (Å²) in [7, 11) is 2.09. The molecule has 0 atom stereocenters. The first kappa shape index (κ1) is 14.4. The molecule has 1 fully saturated rings. The van der Waals surface area contributed by atoms with Crippen molar-refractivity contribution in [3.63, 3.8) is 0 Å². The van der Waals surface area contributed by atoms with Gasteiger partial charge in [-0.2, -0.15) is 0 Å². The van der Waals surface area contributed by atoms with Crippen molar-refractivity contribution in [3.8, 4) is 0 Å². The Morgan fingerprint density at radius 2 is 2.11 bits per heavy atom. The second-order valence-corrected chi connectivity index (χ2v) is 5.98. The van der Waals surface area contributed by atoms with Gasteiger partial charge in [-0.15, -0.1) is 0 Å². The minimum absolute atomic E-state index is 0.0683. The maximum Gasteiger partial charge on any atom is 0.141 e. The standard InChI is InChI=1S/C15H24FN3/c1-12-3-5-15(11-17,6-4-12)19(2)10-13-7-14(16)9-18-8-13/h7-9,12H,3-6,10-11,17H2,1-2H3. The van der Waals surface area contributed by atoms with Crippen LogP contribution in [0.4, 0.5) is 4.39 Å². The summed E-state index contributed by atoms with van der Waals surface area (Å²) in [5.74, 6) is 0.522. The van der Waals surface area contributed by atoms with Gasteiger partial charge in [0.15, 0.2) is 0 Å². The number of hydrogen-bond donors (Lipinski definition) is 1. The molecule has 1 aliphatic rings. The first-order valence-corrected chi connectivity index (χ1v) is 7.06. The highest BCUT2D eigenvalue weighted by Gasteiger charge is 2.36. The quantitative estimate of drug-likeness (QED) is 0.909. The normalized spacial score (nSPS) is 27.7. The van der Waals surface area contributed by atoms with Crippen molar-refractivity contribution in [2.75, 3.05) is 13.6 Å². The molecule has 0 aromatic carbocycles. The Kier molecular flexibility index (Phi) is 4.53. The Labute approximate surface area is 115 Å². The van der Waals surface area contributed by atoms with Crippen molar-refractivity contribution in [2.45, 2.75) is 44.7 Å². The van der Waals surface area contributed by atoms with Gasteiger partial charge in [-0.05, 0) is 50.3 Å². The predicted molar refractivity (Wildman–Crippen MR) is 75.1 cm³/mol. The molecule has 1 aromatic rings. The zero-order valence-electron chi connectivity index (χ0n) is 11.9. The molecule has 0 spiro atoms. The smallest absolute Gasteiger partial charge is 0.141 e. The van der Waals surface area contributed by atoms with Crippen molar-refractivity contribution < 1.29 is 4.39 Å². The van der Waals surface area contributed by atoms with Crippen molar-refractivity contribution in [1.82, 2.24) is 9.88 Å². The van der Waals surface area contributed by atoms with Crippen molar-refractivity contribution in [2.24, 2.45) is 11.7 Å². The monoisotopic (exact) mass is 265 g/mol. The molecule has 0 saturated heterocycles. The van der Waals surface area contributed by atoms with E-state index >= 15 is 0 Å². The third kappa shape index (κ3) is 3.31. The van der Waals surface area contributed by atoms with Gasteiger partial charge < -0.3 is 5.73 Å². The summed E-state index contributed by atoms with van der Waals surface area (Å²) in [6, 6.07) is 1.55. The second-order valence-electron chi connectivity index (χ2n) is 5.98. The molecule has 0 unspecified atom stereocenters. The highest BCUT2D eigenvalue weighted by atomic mass is 19.1. The zero-order chi connectivity index (χ0) is 13.9. The lowest BCUT2D eigenvalue weighted by Crippen LogP contribution is -2.53. The molecule has 1 heterocycles. The fourth-order valence-corrected chi connectivity index (χ4v) is 3.03. The summed E-state index contributed by atoms with van der Waals surface area (Å²) in [4.78, 5) is 6.20. The number of halogens is 1. The Bertz CT molecular complexity index is 414. The van der Waals surface area contributed by atoms with Crippen LogP contribution >= 0.6 is 0 Å². The Balaban J connectivity index is 2.06. The van der Waals surface area contributed by atoms with E-state index in [-0.39, 0.29) is 11.4 Å². The molecule has 1 aliphatic carbocycles. The van der Waals surface area contributed by atoms with Gasteiger partial charge in [-0.1, -0.05) is 6.92 Å². The number of pyridine rings is 1. The van der Waals surface area contributed by atoms with Crippen molar-refractivity contribution >= 4 is 0 Å². The molecule has 3 nitrogen and oxygen atoms in total. The molecule has 1 saturated carbocycles. The fourth-order valence-electron chi connectivity index (χ4n) is 3.03. The van der Waals surface area contributed by atoms with E-state index in [1.807, 2.05) is 0 Å². The van der Waals surface area contributed by atoms with Crippen LogP contribution in [0.5, 0.6) is 0 Å². The van der Waals surface area contributed by atoms with Crippen LogP contribution in [0.25, 0.3) is 0 Å². The van der Waals surface area contributed by atoms with Crippen LogP contribution in [0.15, 0.2) is 18.5 Å². The zero-order valence-corrected chi connectivity index (χ0v) is 11.9. The van der Waals surface area contributed by atoms with Gasteiger partial charge in [-0.25, -0.2) is 4.39 Å². The van der Waals surface area contributed by atoms with E-state index in [1.54, 1.807) is 12.3 Å². The average molecular weight is 265 g/mol. The van der Waals surface area contributed by atoms with E-state index in [1.165, 1.54) is 19.0 Å². The van der Waals surface area contributed by atoms with Gasteiger partial charge >= 0.3 is 0 Å². The number of hydrogen-bond acceptors (Lipinski definition) is 3. The number of rotatable bonds is 4. The maximum absolute atomic E-state index is 13.2. The minimum atomic E-state index is -0.273. The topological polar surface area (TPSA) is 42.1 Å². The van der Waals surface area contributed by atoms with Gasteiger partial charge in [0, 0.05) is 24.8 Å². The molecule has 1 aromatic heterocycles. The molecule has 106 valence electrons. The van der Waals surface area contributed by atoms with E-state index < -0.39 is 0 Å². The van der Waals surface area contributed by atoms with Crippen molar-refractivity contribution in [1.29, 1.82) is 0 Å². The van der Waals surface area contributed by atoms with Crippen LogP contribution in [0.1, 0.15) is 38.2 Å². The molecular weight excluding hydrogens is 241 g/mol. The van der Waals surface area contributed by atoms with Crippen molar-refractivity contribution in [3.05, 3.63) is 29.8 Å². The molecule has 2 rings (SSSR count). The summed E-state index contributed by atoms with van der Waals surface area (Å²) < 4.78 is 13.2. The Morgan fingerprint density at radius 1 is 1.42 bits per heavy atom. The number of aromatic nitrogens is 1. The molecule has 0 amide bonds. The van der Waals surface area contributed by atoms with Gasteiger partial charge in [0.2, 0.25) is 0 Å². The molecule has 0 aliphatic heterocycles. The third-order valence-electron chi connectivity index (χ3n) is 4.58. The lowest BCUT2D eigenvalue weighted by molar-refractivity contribution is 0.0614. The number of nitrogens with zero attached hydrogens (tertiary/aromatic N) is 2. The van der Waals surface area contributed by atoms with Gasteiger partial charge in [0.1, 0.15) is 5.82 Å². The Hall–Kier alpha value is -1.00. The van der Waals surface area contributed by atoms with Gasteiger partial charge in [-0.3, -0.25) is 9.88 Å². The summed E-state index contributed by atoms with van der Waals surface area (Å²) in [5, 5.41) is 0. The van der Waals surface area contributed by atoms with E-state index in [0.29, 0.717) is 13.1 Å². The molecular formula is C15H24FN3. The van der Waals surface area contributed by atoms with Crippen LogP contribution < -0.4 is 5.73 Å². The predicted octanol–water partition coefficient (Wildman–Crippen LogP) is 2.56. The summed E-state index contributed by atoms with van der Waals surface area (Å²) in [6.45, 7) is 3.67. The minimum Gasteiger partial charge on any atom is -0.329 e. The van der Waals surface area contributed by atoms with Crippen LogP contribution in [-0.4, -0.2) is 29.0 Å². The Morgan fingerprint density at radius 3 is 2.68 bits per heavy atom. The number of likely N-dealkylation sites (N-methyl/N-ethyl adjacent to an activating group) is 1. The van der Waals surface area contributed by atoms with Gasteiger partial charge in [0.05, 0.1) is 6.20 Å². The maximum atomic E-state index is 13.2. The highest BCUT2D eigenvalue weighted by molar-refractivity contribution is 5.11. The van der Waals surface area contributed by atoms with E-state index in [0.717, 1.165) is 24.3 Å². The molecule has 0 radical (unpaired) electrons. The van der Waals surface area contributed by atoms with E-state index in [9.17, 15) is 4.39 Å². The first-order valence-electron chi connectivity index (χ1n) is 7.06. The fraction of sp³-hybridized carbons (Fsp3) is 0.667. The van der Waals surface area contributed by atoms with Gasteiger partial charge in [0.25, 0.3) is 0 Å². The SMILES string of the molecule is CC1CCC(CN)(N(C)Cc2cncc(F)c2)CC1.